The molecular weight excluding hydrogens is 307 g/mol. The van der Waals surface area contributed by atoms with E-state index in [1.807, 2.05) is 0 Å². The lowest BCUT2D eigenvalue weighted by Crippen LogP contribution is -2.41. The molecule has 0 aromatic rings. The highest BCUT2D eigenvalue weighted by Gasteiger charge is 2.33. The third-order valence-corrected chi connectivity index (χ3v) is 4.69. The van der Waals surface area contributed by atoms with Gasteiger partial charge in [-0.05, 0) is 6.42 Å². The first-order chi connectivity index (χ1) is 7.35. The van der Waals surface area contributed by atoms with Crippen LogP contribution >= 0.6 is 22.6 Å². The molecule has 1 unspecified atom stereocenters. The Bertz CT molecular complexity index is 186. The molecule has 2 fully saturated rings. The summed E-state index contributed by atoms with van der Waals surface area (Å²) in [7, 11) is 0. The Morgan fingerprint density at radius 3 is 2.60 bits per heavy atom. The summed E-state index contributed by atoms with van der Waals surface area (Å²) < 4.78 is 18.0. The maximum atomic E-state index is 6.14. The van der Waals surface area contributed by atoms with Gasteiger partial charge in [0.25, 0.3) is 0 Å². The van der Waals surface area contributed by atoms with E-state index in [2.05, 4.69) is 22.6 Å². The Balaban J connectivity index is 1.78. The van der Waals surface area contributed by atoms with E-state index in [-0.39, 0.29) is 5.60 Å². The lowest BCUT2D eigenvalue weighted by atomic mass is 9.96. The second kappa shape index (κ2) is 5.80. The van der Waals surface area contributed by atoms with E-state index >= 15 is 0 Å². The molecule has 88 valence electrons. The van der Waals surface area contributed by atoms with Gasteiger partial charge in [-0.15, -0.1) is 0 Å². The molecule has 0 amide bonds. The average molecular weight is 326 g/mol. The Morgan fingerprint density at radius 2 is 2.00 bits per heavy atom. The summed E-state index contributed by atoms with van der Waals surface area (Å²) in [6.45, 7) is 4.36. The Kier molecular flexibility index (Phi) is 4.67. The van der Waals surface area contributed by atoms with Crippen LogP contribution in [0.25, 0.3) is 0 Å². The molecule has 2 saturated heterocycles. The van der Waals surface area contributed by atoms with Crippen molar-refractivity contribution in [3.8, 4) is 0 Å². The molecule has 0 radical (unpaired) electrons. The van der Waals surface area contributed by atoms with Gasteiger partial charge in [-0.25, -0.2) is 0 Å². The number of hydrogen-bond acceptors (Lipinski definition) is 3. The summed E-state index contributed by atoms with van der Waals surface area (Å²) in [6, 6.07) is 0. The summed E-state index contributed by atoms with van der Waals surface area (Å²) in [5.41, 5.74) is 0.0847. The van der Waals surface area contributed by atoms with Crippen LogP contribution in [0.1, 0.15) is 19.3 Å². The van der Waals surface area contributed by atoms with Crippen molar-refractivity contribution < 1.29 is 14.2 Å². The van der Waals surface area contributed by atoms with Crippen LogP contribution < -0.4 is 0 Å². The van der Waals surface area contributed by atoms with E-state index in [0.29, 0.717) is 5.92 Å². The van der Waals surface area contributed by atoms with Crippen molar-refractivity contribution in [1.29, 1.82) is 0 Å². The van der Waals surface area contributed by atoms with E-state index in [4.69, 9.17) is 14.2 Å². The van der Waals surface area contributed by atoms with Gasteiger partial charge in [0, 0.05) is 43.0 Å². The number of hydrogen-bond donors (Lipinski definition) is 0. The second-order valence-corrected chi connectivity index (χ2v) is 5.23. The normalized spacial score (nSPS) is 30.6. The summed E-state index contributed by atoms with van der Waals surface area (Å²) in [5.74, 6) is 0.618. The van der Waals surface area contributed by atoms with Gasteiger partial charge in [0.1, 0.15) is 0 Å². The first kappa shape index (κ1) is 12.1. The Morgan fingerprint density at radius 1 is 1.20 bits per heavy atom. The molecule has 4 heteroatoms. The monoisotopic (exact) mass is 326 g/mol. The SMILES string of the molecule is ICC1(OCC2CCOC2)CCOCC1. The van der Waals surface area contributed by atoms with Gasteiger partial charge in [0.15, 0.2) is 0 Å². The second-order valence-electron chi connectivity index (χ2n) is 4.47. The van der Waals surface area contributed by atoms with Crippen molar-refractivity contribution >= 4 is 22.6 Å². The quantitative estimate of drug-likeness (QED) is 0.584. The minimum atomic E-state index is 0.0847. The van der Waals surface area contributed by atoms with E-state index in [9.17, 15) is 0 Å². The molecule has 0 aliphatic carbocycles. The van der Waals surface area contributed by atoms with Crippen molar-refractivity contribution in [3.05, 3.63) is 0 Å². The minimum absolute atomic E-state index is 0.0847. The first-order valence-corrected chi connectivity index (χ1v) is 7.23. The van der Waals surface area contributed by atoms with E-state index in [1.54, 1.807) is 0 Å². The van der Waals surface area contributed by atoms with Crippen LogP contribution in [0, 0.1) is 5.92 Å². The third-order valence-electron chi connectivity index (χ3n) is 3.30. The summed E-state index contributed by atoms with van der Waals surface area (Å²) in [5, 5.41) is 0. The van der Waals surface area contributed by atoms with Gasteiger partial charge in [0.05, 0.1) is 18.8 Å². The zero-order chi connectivity index (χ0) is 10.6. The van der Waals surface area contributed by atoms with Gasteiger partial charge in [-0.1, -0.05) is 22.6 Å². The Labute approximate surface area is 105 Å². The molecule has 0 aromatic heterocycles. The van der Waals surface area contributed by atoms with Crippen molar-refractivity contribution in [3.63, 3.8) is 0 Å². The van der Waals surface area contributed by atoms with Gasteiger partial charge >= 0.3 is 0 Å². The van der Waals surface area contributed by atoms with Crippen LogP contribution in [0.3, 0.4) is 0 Å². The zero-order valence-electron chi connectivity index (χ0n) is 9.04. The van der Waals surface area contributed by atoms with E-state index in [0.717, 1.165) is 56.7 Å². The highest BCUT2D eigenvalue weighted by Crippen LogP contribution is 2.29. The van der Waals surface area contributed by atoms with Crippen LogP contribution in [-0.2, 0) is 14.2 Å². The molecule has 0 bridgehead atoms. The van der Waals surface area contributed by atoms with Crippen molar-refractivity contribution in [2.75, 3.05) is 37.5 Å². The molecule has 2 rings (SSSR count). The van der Waals surface area contributed by atoms with Crippen molar-refractivity contribution in [2.24, 2.45) is 5.92 Å². The smallest absolute Gasteiger partial charge is 0.0815 e. The fourth-order valence-electron chi connectivity index (χ4n) is 2.07. The predicted octanol–water partition coefficient (Wildman–Crippen LogP) is 2.02. The fraction of sp³-hybridized carbons (Fsp3) is 1.00. The van der Waals surface area contributed by atoms with Gasteiger partial charge in [-0.3, -0.25) is 0 Å². The van der Waals surface area contributed by atoms with Gasteiger partial charge in [0.2, 0.25) is 0 Å². The number of ether oxygens (including phenoxy) is 3. The summed E-state index contributed by atoms with van der Waals surface area (Å²) in [4.78, 5) is 0. The van der Waals surface area contributed by atoms with Gasteiger partial charge < -0.3 is 14.2 Å². The molecule has 0 saturated carbocycles. The van der Waals surface area contributed by atoms with Crippen molar-refractivity contribution in [2.45, 2.75) is 24.9 Å². The molecule has 1 atom stereocenters. The number of halogens is 1. The molecule has 0 N–H and O–H groups in total. The van der Waals surface area contributed by atoms with Crippen LogP contribution in [0.4, 0.5) is 0 Å². The van der Waals surface area contributed by atoms with Crippen LogP contribution in [-0.4, -0.2) is 43.1 Å². The summed E-state index contributed by atoms with van der Waals surface area (Å²) in [6.07, 6.45) is 3.25. The number of alkyl halides is 1. The molecule has 0 aromatic carbocycles. The lowest BCUT2D eigenvalue weighted by Gasteiger charge is -2.36. The maximum absolute atomic E-state index is 6.14. The minimum Gasteiger partial charge on any atom is -0.381 e. The highest BCUT2D eigenvalue weighted by atomic mass is 127. The van der Waals surface area contributed by atoms with Crippen molar-refractivity contribution in [1.82, 2.24) is 0 Å². The molecule has 15 heavy (non-hydrogen) atoms. The largest absolute Gasteiger partial charge is 0.381 e. The predicted molar refractivity (Wildman–Crippen MR) is 66.5 cm³/mol. The first-order valence-electron chi connectivity index (χ1n) is 5.70. The standard InChI is InChI=1S/C11H19IO3/c12-9-11(2-5-13-6-3-11)15-8-10-1-4-14-7-10/h10H,1-9H2. The Hall–Kier alpha value is 0.610. The summed E-state index contributed by atoms with van der Waals surface area (Å²) >= 11 is 2.43. The molecule has 2 aliphatic heterocycles. The highest BCUT2D eigenvalue weighted by molar-refractivity contribution is 14.1. The van der Waals surface area contributed by atoms with E-state index < -0.39 is 0 Å². The molecule has 2 heterocycles. The topological polar surface area (TPSA) is 27.7 Å². The molecule has 3 nitrogen and oxygen atoms in total. The van der Waals surface area contributed by atoms with E-state index in [1.165, 1.54) is 0 Å². The molecule has 2 aliphatic rings. The number of rotatable bonds is 4. The van der Waals surface area contributed by atoms with Crippen LogP contribution in [0.5, 0.6) is 0 Å². The fourth-order valence-corrected chi connectivity index (χ4v) is 3.05. The maximum Gasteiger partial charge on any atom is 0.0815 e. The van der Waals surface area contributed by atoms with Crippen LogP contribution in [0.15, 0.2) is 0 Å². The van der Waals surface area contributed by atoms with Gasteiger partial charge in [-0.2, -0.15) is 0 Å². The third kappa shape index (κ3) is 3.28. The van der Waals surface area contributed by atoms with Crippen LogP contribution in [0.2, 0.25) is 0 Å². The average Bonchev–Trinajstić information content (AvgIpc) is 2.81. The zero-order valence-corrected chi connectivity index (χ0v) is 11.2. The lowest BCUT2D eigenvalue weighted by molar-refractivity contribution is -0.104. The molecule has 0 spiro atoms. The molecular formula is C11H19IO3.